The third-order valence-electron chi connectivity index (χ3n) is 10.8. The van der Waals surface area contributed by atoms with Gasteiger partial charge in [0, 0.05) is 0 Å². The van der Waals surface area contributed by atoms with Crippen LogP contribution in [0.25, 0.3) is 11.1 Å². The number of carbonyl (C=O) groups is 1. The zero-order valence-electron chi connectivity index (χ0n) is 22.5. The molecule has 0 spiro atoms. The van der Waals surface area contributed by atoms with Crippen LogP contribution in [0, 0.1) is 17.8 Å². The van der Waals surface area contributed by atoms with Crippen LogP contribution in [-0.4, -0.2) is 19.3 Å². The van der Waals surface area contributed by atoms with E-state index in [9.17, 15) is 4.79 Å². The van der Waals surface area contributed by atoms with Gasteiger partial charge in [-0.3, -0.25) is 0 Å². The summed E-state index contributed by atoms with van der Waals surface area (Å²) in [5.41, 5.74) is 10.4. The predicted molar refractivity (Wildman–Crippen MR) is 151 cm³/mol. The Labute approximate surface area is 227 Å². The first kappa shape index (κ1) is 24.4. The Morgan fingerprint density at radius 3 is 2.16 bits per heavy atom. The SMILES string of the molecule is C[C](C)(C(=O)[si]1ccccc1)[Ti]([CH3])([NH]C12CC3CC(CC(C3)C1)C2)[c]1cccc2c1Cc1ccccc1-2. The van der Waals surface area contributed by atoms with Crippen LogP contribution in [0.2, 0.25) is 8.95 Å². The van der Waals surface area contributed by atoms with E-state index in [0.29, 0.717) is 5.41 Å². The first-order chi connectivity index (χ1) is 17.8. The minimum absolute atomic E-state index is 0.235. The van der Waals surface area contributed by atoms with Crippen molar-refractivity contribution in [2.75, 3.05) is 0 Å². The third kappa shape index (κ3) is 3.79. The fraction of sp³-hybridized carbons (Fsp3) is 0.455. The number of hydrogen-bond donors (Lipinski definition) is 1. The zero-order valence-corrected chi connectivity index (χ0v) is 25.1. The molecule has 0 amide bonds. The minimum atomic E-state index is -3.26. The van der Waals surface area contributed by atoms with Gasteiger partial charge in [0.1, 0.15) is 0 Å². The number of rotatable bonds is 6. The molecule has 1 heterocycles. The van der Waals surface area contributed by atoms with Gasteiger partial charge in [0.15, 0.2) is 0 Å². The molecule has 5 aliphatic carbocycles. The van der Waals surface area contributed by atoms with Crippen LogP contribution in [0.3, 0.4) is 0 Å². The quantitative estimate of drug-likeness (QED) is 0.263. The summed E-state index contributed by atoms with van der Waals surface area (Å²) in [6.45, 7) is 4.64. The standard InChI is InChI=1S/C13H9.C10H16N.C9H11OSi.CH3.Ti/c1-3-7-12-10(5-1)9-11-6-2-4-8-13(11)12;11-10-4-7-1-8(5-10)3-9(2-7)6-10;1-8(2)9(10)11-6-4-3-5-7-11;;/h1-5,7-8H,9H2;7-9,11H,1-6H2;3-7H,1-2H3;1H3;/q;-1;;;+1. The summed E-state index contributed by atoms with van der Waals surface area (Å²) in [6.07, 6.45) is 9.32. The summed E-state index contributed by atoms with van der Waals surface area (Å²) in [5, 5.41) is 3.06. The monoisotopic (exact) mass is 541 g/mol. The van der Waals surface area contributed by atoms with Gasteiger partial charge in [-0.2, -0.15) is 0 Å². The Morgan fingerprint density at radius 1 is 0.865 bits per heavy atom. The molecule has 2 aromatic carbocycles. The fourth-order valence-corrected chi connectivity index (χ4v) is 19.2. The molecule has 8 rings (SSSR count). The van der Waals surface area contributed by atoms with Gasteiger partial charge in [-0.15, -0.1) is 0 Å². The molecule has 4 fully saturated rings. The first-order valence-corrected chi connectivity index (χ1v) is 19.9. The van der Waals surface area contributed by atoms with Crippen molar-refractivity contribution in [3.8, 4) is 11.1 Å². The second-order valence-corrected chi connectivity index (χ2v) is 22.2. The van der Waals surface area contributed by atoms with Crippen LogP contribution in [0.1, 0.15) is 68.3 Å². The van der Waals surface area contributed by atoms with E-state index in [1.807, 2.05) is 0 Å². The van der Waals surface area contributed by atoms with Gasteiger partial charge >= 0.3 is 228 Å². The molecule has 5 aliphatic rings. The van der Waals surface area contributed by atoms with E-state index in [1.54, 1.807) is 0 Å². The van der Waals surface area contributed by atoms with Gasteiger partial charge in [0.2, 0.25) is 0 Å². The molecule has 4 heteroatoms. The predicted octanol–water partition coefficient (Wildman–Crippen LogP) is 7.12. The van der Waals surface area contributed by atoms with E-state index in [-0.39, 0.29) is 9.26 Å². The number of nitrogens with one attached hydrogen (secondary N) is 1. The van der Waals surface area contributed by atoms with Gasteiger partial charge in [-0.25, -0.2) is 0 Å². The van der Waals surface area contributed by atoms with Crippen molar-refractivity contribution >= 4 is 17.7 Å². The Hall–Kier alpha value is -1.65. The summed E-state index contributed by atoms with van der Waals surface area (Å²) in [5.74, 6) is 2.67. The summed E-state index contributed by atoms with van der Waals surface area (Å²) >= 11 is -3.26. The maximum atomic E-state index is 14.5. The Balaban J connectivity index is 1.38. The molecular weight excluding hydrogens is 502 g/mol. The molecule has 0 saturated heterocycles. The fourth-order valence-electron chi connectivity index (χ4n) is 9.16. The number of benzene rings is 2. The maximum absolute atomic E-state index is 14.5. The Morgan fingerprint density at radius 2 is 1.49 bits per heavy atom. The normalized spacial score (nSPS) is 29.0. The molecule has 4 bridgehead atoms. The van der Waals surface area contributed by atoms with Gasteiger partial charge in [-0.1, -0.05) is 0 Å². The van der Waals surface area contributed by atoms with Gasteiger partial charge < -0.3 is 0 Å². The van der Waals surface area contributed by atoms with Gasteiger partial charge in [-0.05, 0) is 0 Å². The van der Waals surface area contributed by atoms with Gasteiger partial charge in [0.25, 0.3) is 0 Å². The Kier molecular flexibility index (Phi) is 5.72. The van der Waals surface area contributed by atoms with Gasteiger partial charge in [0.05, 0.1) is 0 Å². The number of carbonyl (C=O) groups excluding carboxylic acids is 1. The molecule has 1 aromatic heterocycles. The summed E-state index contributed by atoms with van der Waals surface area (Å²) in [7, 11) is -1.33. The van der Waals surface area contributed by atoms with E-state index < -0.39 is 25.2 Å². The van der Waals surface area contributed by atoms with Crippen LogP contribution in [0.15, 0.2) is 72.0 Å². The van der Waals surface area contributed by atoms with Crippen molar-refractivity contribution in [2.24, 2.45) is 17.8 Å². The van der Waals surface area contributed by atoms with E-state index in [4.69, 9.17) is 0 Å². The molecule has 0 aliphatic heterocycles. The Bertz CT molecular complexity index is 1350. The molecule has 1 atom stereocenters. The third-order valence-corrected chi connectivity index (χ3v) is 21.7. The van der Waals surface area contributed by atoms with Crippen LogP contribution in [0.4, 0.5) is 0 Å². The second kappa shape index (κ2) is 8.68. The van der Waals surface area contributed by atoms with Crippen LogP contribution < -0.4 is 7.67 Å². The van der Waals surface area contributed by atoms with Crippen molar-refractivity contribution in [1.82, 2.24) is 3.80 Å². The molecule has 2 nitrogen and oxygen atoms in total. The van der Waals surface area contributed by atoms with E-state index in [2.05, 4.69) is 94.9 Å². The van der Waals surface area contributed by atoms with Crippen LogP contribution in [-0.2, 0) is 23.3 Å². The average molecular weight is 542 g/mol. The molecule has 37 heavy (non-hydrogen) atoms. The molecule has 0 radical (unpaired) electrons. The van der Waals surface area contributed by atoms with E-state index in [1.165, 1.54) is 64.6 Å². The average Bonchev–Trinajstić information content (AvgIpc) is 3.26. The summed E-state index contributed by atoms with van der Waals surface area (Å²) in [4.78, 5) is 14.5. The van der Waals surface area contributed by atoms with Crippen molar-refractivity contribution in [3.05, 3.63) is 83.1 Å². The van der Waals surface area contributed by atoms with Crippen molar-refractivity contribution in [3.63, 3.8) is 0 Å². The first-order valence-electron chi connectivity index (χ1n) is 14.4. The number of hydrogen-bond acceptors (Lipinski definition) is 2. The summed E-state index contributed by atoms with van der Waals surface area (Å²) in [6, 6.07) is 22.2. The topological polar surface area (TPSA) is 29.1 Å². The molecular formula is C33H39NOSiTi. The van der Waals surface area contributed by atoms with E-state index in [0.717, 1.165) is 24.2 Å². The van der Waals surface area contributed by atoms with Crippen molar-refractivity contribution in [1.29, 1.82) is 0 Å². The second-order valence-electron chi connectivity index (χ2n) is 13.4. The molecule has 1 unspecified atom stereocenters. The van der Waals surface area contributed by atoms with Crippen LogP contribution >= 0.6 is 0 Å². The molecule has 1 N–H and O–H groups in total. The van der Waals surface area contributed by atoms with Crippen LogP contribution in [0.5, 0.6) is 0 Å². The molecule has 3 aromatic rings. The molecule has 4 saturated carbocycles. The zero-order chi connectivity index (χ0) is 25.4. The number of fused-ring (bicyclic) bond motifs is 3. The van der Waals surface area contributed by atoms with E-state index >= 15 is 0 Å². The molecule has 190 valence electrons. The summed E-state index contributed by atoms with van der Waals surface area (Å²) < 4.78 is 5.76. The van der Waals surface area contributed by atoms with Crippen molar-refractivity contribution in [2.45, 2.75) is 73.3 Å². The van der Waals surface area contributed by atoms with Crippen molar-refractivity contribution < 1.29 is 21.6 Å².